The number of carbonyl (C=O) groups is 1. The molecule has 1 amide bonds. The van der Waals surface area contributed by atoms with Gasteiger partial charge in [0.1, 0.15) is 11.6 Å². The summed E-state index contributed by atoms with van der Waals surface area (Å²) in [6.07, 6.45) is 3.99. The molecule has 1 saturated heterocycles. The smallest absolute Gasteiger partial charge is 0.239 e. The van der Waals surface area contributed by atoms with Crippen LogP contribution in [0.2, 0.25) is 0 Å². The lowest BCUT2D eigenvalue weighted by Gasteiger charge is -2.28. The molecule has 3 heterocycles. The summed E-state index contributed by atoms with van der Waals surface area (Å²) in [5.74, 6) is 1.92. The van der Waals surface area contributed by atoms with E-state index < -0.39 is 0 Å². The van der Waals surface area contributed by atoms with Gasteiger partial charge in [-0.2, -0.15) is 5.26 Å². The Morgan fingerprint density at radius 1 is 1.13 bits per heavy atom. The van der Waals surface area contributed by atoms with Gasteiger partial charge in [-0.05, 0) is 60.7 Å². The van der Waals surface area contributed by atoms with E-state index in [-0.39, 0.29) is 5.91 Å². The first-order valence-corrected chi connectivity index (χ1v) is 10.5. The molecule has 1 saturated carbocycles. The van der Waals surface area contributed by atoms with E-state index in [0.717, 1.165) is 23.5 Å². The summed E-state index contributed by atoms with van der Waals surface area (Å²) in [7, 11) is 0. The summed E-state index contributed by atoms with van der Waals surface area (Å²) in [5.41, 5.74) is 4.71. The molecule has 2 N–H and O–H groups in total. The van der Waals surface area contributed by atoms with E-state index in [1.165, 1.54) is 18.4 Å². The van der Waals surface area contributed by atoms with Crippen LogP contribution in [0.1, 0.15) is 29.9 Å². The number of piperazine rings is 1. The molecule has 0 atom stereocenters. The van der Waals surface area contributed by atoms with Gasteiger partial charge in [-0.1, -0.05) is 12.1 Å². The largest absolute Gasteiger partial charge is 0.360 e. The summed E-state index contributed by atoms with van der Waals surface area (Å²) < 4.78 is 0. The Hall–Kier alpha value is -3.92. The third-order valence-electron chi connectivity index (χ3n) is 5.59. The van der Waals surface area contributed by atoms with Crippen LogP contribution in [-0.2, 0) is 4.79 Å². The van der Waals surface area contributed by atoms with E-state index in [0.29, 0.717) is 36.2 Å². The highest BCUT2D eigenvalue weighted by Crippen LogP contribution is 2.42. The van der Waals surface area contributed by atoms with Crippen LogP contribution in [0.4, 0.5) is 17.3 Å². The molecule has 0 unspecified atom stereocenters. The molecule has 5 rings (SSSR count). The van der Waals surface area contributed by atoms with Gasteiger partial charge in [-0.25, -0.2) is 9.97 Å². The highest BCUT2D eigenvalue weighted by Gasteiger charge is 2.25. The standard InChI is InChI=1S/C24H22N6O/c25-14-16-6-7-26-22(10-16)29-23-13-19(17-4-5-17)12-21(28-23)18-2-1-3-20(11-18)30-9-8-27-24(31)15-30/h1-3,6-7,10-13,17H,4-5,8-9,15H2,(H,27,31)(H,26,28,29). The molecule has 0 spiro atoms. The van der Waals surface area contributed by atoms with Gasteiger partial charge in [0.25, 0.3) is 0 Å². The Morgan fingerprint density at radius 3 is 2.84 bits per heavy atom. The number of nitriles is 1. The van der Waals surface area contributed by atoms with E-state index in [4.69, 9.17) is 10.2 Å². The molecule has 31 heavy (non-hydrogen) atoms. The van der Waals surface area contributed by atoms with Crippen molar-refractivity contribution < 1.29 is 4.79 Å². The lowest BCUT2D eigenvalue weighted by molar-refractivity contribution is -0.120. The van der Waals surface area contributed by atoms with Crippen LogP contribution in [0.25, 0.3) is 11.3 Å². The third-order valence-corrected chi connectivity index (χ3v) is 5.59. The summed E-state index contributed by atoms with van der Waals surface area (Å²) in [5, 5.41) is 15.3. The van der Waals surface area contributed by atoms with Gasteiger partial charge in [-0.3, -0.25) is 4.79 Å². The van der Waals surface area contributed by atoms with Gasteiger partial charge in [-0.15, -0.1) is 0 Å². The molecule has 0 bridgehead atoms. The molecule has 2 fully saturated rings. The maximum Gasteiger partial charge on any atom is 0.239 e. The molecule has 0 radical (unpaired) electrons. The Balaban J connectivity index is 1.48. The lowest BCUT2D eigenvalue weighted by atomic mass is 10.1. The molecule has 2 aliphatic rings. The molecule has 2 aromatic heterocycles. The van der Waals surface area contributed by atoms with E-state index in [1.807, 2.05) is 18.2 Å². The number of carbonyl (C=O) groups excluding carboxylic acids is 1. The number of nitrogens with one attached hydrogen (secondary N) is 2. The van der Waals surface area contributed by atoms with Crippen molar-refractivity contribution in [3.8, 4) is 17.3 Å². The highest BCUT2D eigenvalue weighted by atomic mass is 16.2. The Morgan fingerprint density at radius 2 is 2.03 bits per heavy atom. The number of benzene rings is 1. The quantitative estimate of drug-likeness (QED) is 0.668. The van der Waals surface area contributed by atoms with Crippen LogP contribution < -0.4 is 15.5 Å². The average molecular weight is 410 g/mol. The highest BCUT2D eigenvalue weighted by molar-refractivity contribution is 5.83. The van der Waals surface area contributed by atoms with Gasteiger partial charge in [0.05, 0.1) is 23.9 Å². The minimum atomic E-state index is 0.0455. The summed E-state index contributed by atoms with van der Waals surface area (Å²) in [6.45, 7) is 1.81. The number of rotatable bonds is 5. The predicted octanol–water partition coefficient (Wildman–Crippen LogP) is 3.57. The number of aromatic nitrogens is 2. The molecule has 1 aromatic carbocycles. The third kappa shape index (κ3) is 4.33. The minimum Gasteiger partial charge on any atom is -0.360 e. The Bertz CT molecular complexity index is 1180. The van der Waals surface area contributed by atoms with E-state index in [9.17, 15) is 4.79 Å². The van der Waals surface area contributed by atoms with Crippen LogP contribution >= 0.6 is 0 Å². The van der Waals surface area contributed by atoms with E-state index >= 15 is 0 Å². The lowest BCUT2D eigenvalue weighted by Crippen LogP contribution is -2.47. The fourth-order valence-electron chi connectivity index (χ4n) is 3.84. The van der Waals surface area contributed by atoms with Crippen molar-refractivity contribution in [2.75, 3.05) is 29.9 Å². The predicted molar refractivity (Wildman–Crippen MR) is 119 cm³/mol. The van der Waals surface area contributed by atoms with Crippen LogP contribution in [0, 0.1) is 11.3 Å². The van der Waals surface area contributed by atoms with Crippen LogP contribution in [0.5, 0.6) is 0 Å². The number of hydrogen-bond donors (Lipinski definition) is 2. The number of pyridine rings is 2. The first-order chi connectivity index (χ1) is 15.2. The van der Waals surface area contributed by atoms with E-state index in [1.54, 1.807) is 18.3 Å². The normalized spacial score (nSPS) is 15.8. The zero-order valence-electron chi connectivity index (χ0n) is 17.0. The monoisotopic (exact) mass is 410 g/mol. The second kappa shape index (κ2) is 8.07. The van der Waals surface area contributed by atoms with Crippen molar-refractivity contribution in [1.29, 1.82) is 5.26 Å². The zero-order chi connectivity index (χ0) is 21.2. The summed E-state index contributed by atoms with van der Waals surface area (Å²) in [6, 6.07) is 17.9. The van der Waals surface area contributed by atoms with Crippen LogP contribution in [-0.4, -0.2) is 35.5 Å². The second-order valence-corrected chi connectivity index (χ2v) is 7.93. The van der Waals surface area contributed by atoms with Gasteiger partial charge in [0.2, 0.25) is 5.91 Å². The number of anilines is 3. The molecule has 154 valence electrons. The van der Waals surface area contributed by atoms with Crippen LogP contribution in [0.3, 0.4) is 0 Å². The molecule has 7 heteroatoms. The summed E-state index contributed by atoms with van der Waals surface area (Å²) in [4.78, 5) is 23.0. The zero-order valence-corrected chi connectivity index (χ0v) is 17.0. The van der Waals surface area contributed by atoms with Crippen molar-refractivity contribution in [2.24, 2.45) is 0 Å². The van der Waals surface area contributed by atoms with Crippen molar-refractivity contribution in [2.45, 2.75) is 18.8 Å². The second-order valence-electron chi connectivity index (χ2n) is 7.93. The van der Waals surface area contributed by atoms with Gasteiger partial charge in [0, 0.05) is 30.5 Å². The topological polar surface area (TPSA) is 93.9 Å². The van der Waals surface area contributed by atoms with Gasteiger partial charge in [0.15, 0.2) is 0 Å². The Labute approximate surface area is 180 Å². The first kappa shape index (κ1) is 19.1. The van der Waals surface area contributed by atoms with Crippen molar-refractivity contribution in [3.63, 3.8) is 0 Å². The van der Waals surface area contributed by atoms with Crippen molar-refractivity contribution in [3.05, 3.63) is 65.9 Å². The van der Waals surface area contributed by atoms with Gasteiger partial charge < -0.3 is 15.5 Å². The fourth-order valence-corrected chi connectivity index (χ4v) is 3.84. The van der Waals surface area contributed by atoms with Crippen molar-refractivity contribution >= 4 is 23.2 Å². The first-order valence-electron chi connectivity index (χ1n) is 10.5. The average Bonchev–Trinajstić information content (AvgIpc) is 3.65. The molecular weight excluding hydrogens is 388 g/mol. The Kier molecular flexibility index (Phi) is 4.97. The maximum absolute atomic E-state index is 11.8. The molecule has 1 aliphatic carbocycles. The van der Waals surface area contributed by atoms with Crippen molar-refractivity contribution in [1.82, 2.24) is 15.3 Å². The fraction of sp³-hybridized carbons (Fsp3) is 0.250. The molecular formula is C24H22N6O. The van der Waals surface area contributed by atoms with Crippen LogP contribution in [0.15, 0.2) is 54.7 Å². The number of amides is 1. The summed E-state index contributed by atoms with van der Waals surface area (Å²) >= 11 is 0. The minimum absolute atomic E-state index is 0.0455. The SMILES string of the molecule is N#Cc1ccnc(Nc2cc(C3CC3)cc(-c3cccc(N4CCNC(=O)C4)c3)n2)c1. The maximum atomic E-state index is 11.8. The molecule has 1 aliphatic heterocycles. The number of nitrogens with zero attached hydrogens (tertiary/aromatic N) is 4. The number of hydrogen-bond acceptors (Lipinski definition) is 6. The van der Waals surface area contributed by atoms with Gasteiger partial charge >= 0.3 is 0 Å². The molecule has 7 nitrogen and oxygen atoms in total. The molecule has 3 aromatic rings. The van der Waals surface area contributed by atoms with E-state index in [2.05, 4.69) is 44.8 Å².